The van der Waals surface area contributed by atoms with Gasteiger partial charge in [-0.05, 0) is 35.4 Å². The Hall–Kier alpha value is -3.74. The van der Waals surface area contributed by atoms with Gasteiger partial charge in [0.1, 0.15) is 11.3 Å². The number of carbonyl (C=O) groups is 1. The molecular formula is C24H25ClN2O9. The van der Waals surface area contributed by atoms with Crippen LogP contribution in [0.3, 0.4) is 0 Å². The zero-order chi connectivity index (χ0) is 26.6. The van der Waals surface area contributed by atoms with Crippen molar-refractivity contribution < 1.29 is 45.3 Å². The molecule has 9 N–H and O–H groups in total. The molecule has 11 nitrogen and oxygen atoms in total. The molecule has 0 heterocycles. The molecule has 0 saturated heterocycles. The Labute approximate surface area is 210 Å². The molecule has 3 aromatic carbocycles. The summed E-state index contributed by atoms with van der Waals surface area (Å²) in [5.74, 6) is -8.47. The quantitative estimate of drug-likeness (QED) is 0.108. The van der Waals surface area contributed by atoms with Crippen LogP contribution in [0, 0.1) is 0 Å². The van der Waals surface area contributed by atoms with Crippen molar-refractivity contribution >= 4 is 23.3 Å². The molecule has 0 amide bonds. The van der Waals surface area contributed by atoms with Crippen LogP contribution in [0.2, 0.25) is 5.02 Å². The van der Waals surface area contributed by atoms with E-state index in [-0.39, 0.29) is 24.3 Å². The van der Waals surface area contributed by atoms with Gasteiger partial charge >= 0.3 is 5.97 Å². The smallest absolute Gasteiger partial charge is 0.343 e. The number of nitrogens with one attached hydrogen (secondary N) is 2. The highest BCUT2D eigenvalue weighted by molar-refractivity contribution is 6.30. The number of aromatic carboxylic acids is 1. The number of carboxylic acids is 1. The molecule has 0 spiro atoms. The van der Waals surface area contributed by atoms with E-state index < -0.39 is 52.1 Å². The standard InChI is InChI=1S/C24H25ClN2O9/c1-36-16(12-4-2-6-14(25)8-12)10-26-11-24(34,35)27-15-7-3-5-13(9-15)17-19(28)18(23(32)33)21(30)22(31)20(17)29/h2-9,16,26-31,34-35H,10-11H2,1H3,(H,32,33). The number of carboxylic acid groups (broad SMARTS) is 1. The fourth-order valence-electron chi connectivity index (χ4n) is 3.62. The predicted molar refractivity (Wildman–Crippen MR) is 130 cm³/mol. The van der Waals surface area contributed by atoms with Crippen molar-refractivity contribution in [1.29, 1.82) is 0 Å². The van der Waals surface area contributed by atoms with Gasteiger partial charge in [0.15, 0.2) is 11.5 Å². The highest BCUT2D eigenvalue weighted by atomic mass is 35.5. The topological polar surface area (TPSA) is 192 Å². The first-order chi connectivity index (χ1) is 16.9. The van der Waals surface area contributed by atoms with Crippen LogP contribution in [0.5, 0.6) is 23.0 Å². The maximum atomic E-state index is 11.4. The summed E-state index contributed by atoms with van der Waals surface area (Å²) in [5.41, 5.74) is -0.570. The molecule has 0 radical (unpaired) electrons. The van der Waals surface area contributed by atoms with Crippen molar-refractivity contribution in [2.24, 2.45) is 0 Å². The third kappa shape index (κ3) is 5.90. The third-order valence-corrected chi connectivity index (χ3v) is 5.55. The number of aromatic hydroxyl groups is 4. The van der Waals surface area contributed by atoms with Crippen LogP contribution in [-0.4, -0.2) is 67.8 Å². The number of halogens is 1. The number of phenolic OH excluding ortho intramolecular Hbond substituents is 2. The summed E-state index contributed by atoms with van der Waals surface area (Å²) in [6.45, 7) is -0.134. The number of aliphatic hydroxyl groups is 2. The highest BCUT2D eigenvalue weighted by Gasteiger charge is 2.29. The van der Waals surface area contributed by atoms with Crippen molar-refractivity contribution in [3.05, 3.63) is 64.7 Å². The number of benzene rings is 3. The second-order valence-corrected chi connectivity index (χ2v) is 8.32. The molecule has 1 atom stereocenters. The van der Waals surface area contributed by atoms with Gasteiger partial charge < -0.3 is 51.1 Å². The highest BCUT2D eigenvalue weighted by Crippen LogP contribution is 2.51. The Balaban J connectivity index is 1.77. The molecule has 0 aliphatic heterocycles. The van der Waals surface area contributed by atoms with Crippen LogP contribution in [-0.2, 0) is 4.74 Å². The number of phenols is 4. The number of ether oxygens (including phenoxy) is 1. The summed E-state index contributed by atoms with van der Waals surface area (Å²) in [6.07, 6.45) is -0.417. The van der Waals surface area contributed by atoms with E-state index in [4.69, 9.17) is 16.3 Å². The zero-order valence-corrected chi connectivity index (χ0v) is 19.7. The second kappa shape index (κ2) is 10.9. The lowest BCUT2D eigenvalue weighted by Gasteiger charge is -2.26. The Morgan fingerprint density at radius 1 is 1.00 bits per heavy atom. The van der Waals surface area contributed by atoms with E-state index in [1.165, 1.54) is 31.4 Å². The SMILES string of the molecule is COC(CNCC(O)(O)Nc1cccc(-c2c(O)c(O)c(O)c(C(=O)O)c2O)c1)c1cccc(Cl)c1. The van der Waals surface area contributed by atoms with Crippen molar-refractivity contribution in [2.45, 2.75) is 12.0 Å². The van der Waals surface area contributed by atoms with Gasteiger partial charge in [-0.15, -0.1) is 0 Å². The zero-order valence-electron chi connectivity index (χ0n) is 18.9. The Morgan fingerprint density at radius 2 is 1.69 bits per heavy atom. The van der Waals surface area contributed by atoms with Gasteiger partial charge in [-0.25, -0.2) is 4.79 Å². The van der Waals surface area contributed by atoms with Gasteiger partial charge in [-0.1, -0.05) is 35.9 Å². The predicted octanol–water partition coefficient (Wildman–Crippen LogP) is 2.56. The van der Waals surface area contributed by atoms with Crippen LogP contribution >= 0.6 is 11.6 Å². The van der Waals surface area contributed by atoms with Crippen LogP contribution in [0.4, 0.5) is 5.69 Å². The van der Waals surface area contributed by atoms with Gasteiger partial charge in [0, 0.05) is 24.4 Å². The Bertz CT molecular complexity index is 1270. The monoisotopic (exact) mass is 520 g/mol. The summed E-state index contributed by atoms with van der Waals surface area (Å²) in [6, 6.07) is 12.5. The molecule has 1 unspecified atom stereocenters. The van der Waals surface area contributed by atoms with Crippen LogP contribution in [0.1, 0.15) is 22.0 Å². The van der Waals surface area contributed by atoms with E-state index >= 15 is 0 Å². The number of methoxy groups -OCH3 is 1. The fraction of sp³-hybridized carbons (Fsp3) is 0.208. The molecule has 0 bridgehead atoms. The first kappa shape index (κ1) is 26.9. The van der Waals surface area contributed by atoms with Gasteiger partial charge in [0.2, 0.25) is 5.75 Å². The first-order valence-electron chi connectivity index (χ1n) is 10.5. The molecule has 36 heavy (non-hydrogen) atoms. The van der Waals surface area contributed by atoms with Crippen LogP contribution in [0.15, 0.2) is 48.5 Å². The minimum atomic E-state index is -2.46. The Morgan fingerprint density at radius 3 is 2.33 bits per heavy atom. The normalized spacial score (nSPS) is 12.3. The minimum Gasteiger partial charge on any atom is -0.506 e. The fourth-order valence-corrected chi connectivity index (χ4v) is 3.82. The second-order valence-electron chi connectivity index (χ2n) is 7.88. The van der Waals surface area contributed by atoms with Gasteiger partial charge in [0.25, 0.3) is 5.91 Å². The average Bonchev–Trinajstić information content (AvgIpc) is 2.80. The van der Waals surface area contributed by atoms with Crippen molar-refractivity contribution in [1.82, 2.24) is 5.32 Å². The molecule has 3 aromatic rings. The number of anilines is 1. The maximum absolute atomic E-state index is 11.4. The van der Waals surface area contributed by atoms with E-state index in [1.54, 1.807) is 18.2 Å². The molecule has 0 aliphatic rings. The molecule has 0 saturated carbocycles. The number of hydrogen-bond donors (Lipinski definition) is 9. The third-order valence-electron chi connectivity index (χ3n) is 5.31. The van der Waals surface area contributed by atoms with E-state index in [9.17, 15) is 40.5 Å². The average molecular weight is 521 g/mol. The summed E-state index contributed by atoms with van der Waals surface area (Å²) >= 11 is 6.01. The molecule has 3 rings (SSSR count). The van der Waals surface area contributed by atoms with Crippen LogP contribution in [0.25, 0.3) is 11.1 Å². The van der Waals surface area contributed by atoms with E-state index in [0.29, 0.717) is 5.02 Å². The van der Waals surface area contributed by atoms with Gasteiger partial charge in [-0.2, -0.15) is 0 Å². The first-order valence-corrected chi connectivity index (χ1v) is 10.9. The van der Waals surface area contributed by atoms with Crippen molar-refractivity contribution in [3.63, 3.8) is 0 Å². The summed E-state index contributed by atoms with van der Waals surface area (Å²) in [4.78, 5) is 11.4. The van der Waals surface area contributed by atoms with E-state index in [2.05, 4.69) is 10.6 Å². The minimum absolute atomic E-state index is 0.0111. The molecule has 192 valence electrons. The summed E-state index contributed by atoms with van der Waals surface area (Å²) < 4.78 is 5.42. The summed E-state index contributed by atoms with van der Waals surface area (Å²) in [5, 5.41) is 76.2. The lowest BCUT2D eigenvalue weighted by Crippen LogP contribution is -2.48. The molecule has 0 aliphatic carbocycles. The largest absolute Gasteiger partial charge is 0.506 e. The lowest BCUT2D eigenvalue weighted by molar-refractivity contribution is -0.132. The summed E-state index contributed by atoms with van der Waals surface area (Å²) in [7, 11) is 1.50. The van der Waals surface area contributed by atoms with Gasteiger partial charge in [0.05, 0.1) is 18.2 Å². The number of rotatable bonds is 10. The van der Waals surface area contributed by atoms with E-state index in [0.717, 1.165) is 5.56 Å². The molecule has 12 heteroatoms. The van der Waals surface area contributed by atoms with Crippen molar-refractivity contribution in [3.8, 4) is 34.1 Å². The maximum Gasteiger partial charge on any atom is 0.343 e. The molecular weight excluding hydrogens is 496 g/mol. The molecule has 0 aromatic heterocycles. The molecule has 0 fully saturated rings. The van der Waals surface area contributed by atoms with Crippen molar-refractivity contribution in [2.75, 3.05) is 25.5 Å². The van der Waals surface area contributed by atoms with E-state index in [1.807, 2.05) is 6.07 Å². The van der Waals surface area contributed by atoms with Gasteiger partial charge in [-0.3, -0.25) is 0 Å². The Kier molecular flexibility index (Phi) is 8.13. The van der Waals surface area contributed by atoms with Crippen LogP contribution < -0.4 is 10.6 Å². The lowest BCUT2D eigenvalue weighted by atomic mass is 9.98. The number of hydrogen-bond acceptors (Lipinski definition) is 10.